The highest BCUT2D eigenvalue weighted by Crippen LogP contribution is 2.28. The van der Waals surface area contributed by atoms with Gasteiger partial charge in [-0.3, -0.25) is 25.0 Å². The van der Waals surface area contributed by atoms with Crippen LogP contribution in [0.3, 0.4) is 0 Å². The van der Waals surface area contributed by atoms with E-state index in [1.807, 2.05) is 0 Å². The Labute approximate surface area is 195 Å². The molecule has 0 radical (unpaired) electrons. The molecule has 10 heteroatoms. The molecule has 1 heterocycles. The largest absolute Gasteiger partial charge is 0.493 e. The van der Waals surface area contributed by atoms with Crippen molar-refractivity contribution in [3.63, 3.8) is 0 Å². The molecule has 2 aromatic rings. The monoisotopic (exact) mass is 471 g/mol. The van der Waals surface area contributed by atoms with Crippen LogP contribution in [-0.2, 0) is 9.59 Å². The Morgan fingerprint density at radius 3 is 2.48 bits per heavy atom. The molecule has 1 aliphatic rings. The number of nitro benzene ring substituents is 1. The number of barbiturate groups is 1. The van der Waals surface area contributed by atoms with Crippen molar-refractivity contribution >= 4 is 46.9 Å². The molecule has 0 aromatic heterocycles. The number of non-ortho nitro benzene ring substituents is 1. The Kier molecular flexibility index (Phi) is 7.78. The van der Waals surface area contributed by atoms with Crippen LogP contribution >= 0.6 is 11.6 Å². The van der Waals surface area contributed by atoms with Crippen molar-refractivity contribution in [3.05, 3.63) is 68.7 Å². The molecular weight excluding hydrogens is 450 g/mol. The third-order valence-corrected chi connectivity index (χ3v) is 5.18. The van der Waals surface area contributed by atoms with Gasteiger partial charge in [0.1, 0.15) is 11.3 Å². The van der Waals surface area contributed by atoms with E-state index >= 15 is 0 Å². The number of unbranched alkanes of at least 4 members (excludes halogenated alkanes) is 3. The van der Waals surface area contributed by atoms with Gasteiger partial charge in [-0.05, 0) is 42.8 Å². The molecule has 1 N–H and O–H groups in total. The summed E-state index contributed by atoms with van der Waals surface area (Å²) < 4.78 is 5.83. The Hall–Kier alpha value is -3.72. The summed E-state index contributed by atoms with van der Waals surface area (Å²) in [6.07, 6.45) is 5.39. The second kappa shape index (κ2) is 10.7. The van der Waals surface area contributed by atoms with Gasteiger partial charge in [0.2, 0.25) is 0 Å². The molecule has 0 unspecified atom stereocenters. The number of carbonyl (C=O) groups is 3. The molecule has 4 amide bonds. The summed E-state index contributed by atoms with van der Waals surface area (Å²) in [6, 6.07) is 8.74. The second-order valence-corrected chi connectivity index (χ2v) is 7.76. The number of carbonyl (C=O) groups excluding carboxylic acids is 3. The maximum absolute atomic E-state index is 13.1. The number of ether oxygens (including phenoxy) is 1. The topological polar surface area (TPSA) is 119 Å². The number of hydrogen-bond donors (Lipinski definition) is 1. The van der Waals surface area contributed by atoms with Crippen LogP contribution < -0.4 is 15.0 Å². The van der Waals surface area contributed by atoms with Crippen LogP contribution in [0.4, 0.5) is 16.2 Å². The number of imide groups is 2. The van der Waals surface area contributed by atoms with Gasteiger partial charge in [-0.15, -0.1) is 0 Å². The van der Waals surface area contributed by atoms with Crippen LogP contribution in [0.2, 0.25) is 5.02 Å². The zero-order valence-corrected chi connectivity index (χ0v) is 18.6. The molecule has 3 rings (SSSR count). The first kappa shape index (κ1) is 23.9. The van der Waals surface area contributed by atoms with Gasteiger partial charge in [-0.25, -0.2) is 9.69 Å². The van der Waals surface area contributed by atoms with Crippen molar-refractivity contribution in [2.75, 3.05) is 11.5 Å². The quantitative estimate of drug-likeness (QED) is 0.183. The fourth-order valence-corrected chi connectivity index (χ4v) is 3.43. The first-order chi connectivity index (χ1) is 15.8. The standard InChI is InChI=1S/C23H22ClN3O6/c1-2-3-4-5-12-33-20-11-6-16(24)13-15(20)14-19-21(28)25-23(30)26(22(19)29)17-7-9-18(10-8-17)27(31)32/h6-11,13-14H,2-5,12H2,1H3,(H,25,28,30)/b19-14-. The van der Waals surface area contributed by atoms with E-state index in [0.29, 0.717) is 22.9 Å². The molecule has 0 spiro atoms. The van der Waals surface area contributed by atoms with Crippen molar-refractivity contribution in [3.8, 4) is 5.75 Å². The Morgan fingerprint density at radius 2 is 1.82 bits per heavy atom. The molecule has 9 nitrogen and oxygen atoms in total. The van der Waals surface area contributed by atoms with E-state index in [2.05, 4.69) is 12.2 Å². The lowest BCUT2D eigenvalue weighted by molar-refractivity contribution is -0.384. The molecule has 0 atom stereocenters. The van der Waals surface area contributed by atoms with Crippen molar-refractivity contribution in [1.82, 2.24) is 5.32 Å². The highest BCUT2D eigenvalue weighted by molar-refractivity contribution is 6.39. The van der Waals surface area contributed by atoms with E-state index in [4.69, 9.17) is 16.3 Å². The summed E-state index contributed by atoms with van der Waals surface area (Å²) in [5, 5.41) is 13.4. The fourth-order valence-electron chi connectivity index (χ4n) is 3.25. The number of nitrogens with one attached hydrogen (secondary N) is 1. The molecule has 0 aliphatic carbocycles. The minimum Gasteiger partial charge on any atom is -0.493 e. The minimum absolute atomic E-state index is 0.0833. The van der Waals surface area contributed by atoms with Crippen LogP contribution in [-0.4, -0.2) is 29.4 Å². The zero-order chi connectivity index (χ0) is 24.0. The Balaban J connectivity index is 1.90. The lowest BCUT2D eigenvalue weighted by Gasteiger charge is -2.26. The van der Waals surface area contributed by atoms with Gasteiger partial charge in [0.15, 0.2) is 0 Å². The summed E-state index contributed by atoms with van der Waals surface area (Å²) in [7, 11) is 0. The molecule has 1 saturated heterocycles. The fraction of sp³-hybridized carbons (Fsp3) is 0.261. The summed E-state index contributed by atoms with van der Waals surface area (Å²) in [5.41, 5.74) is -0.00403. The van der Waals surface area contributed by atoms with Crippen molar-refractivity contribution < 1.29 is 24.0 Å². The molecule has 172 valence electrons. The number of anilines is 1. The molecule has 1 aliphatic heterocycles. The van der Waals surface area contributed by atoms with Gasteiger partial charge in [0, 0.05) is 22.7 Å². The van der Waals surface area contributed by atoms with Crippen molar-refractivity contribution in [2.45, 2.75) is 32.6 Å². The Morgan fingerprint density at radius 1 is 1.09 bits per heavy atom. The summed E-state index contributed by atoms with van der Waals surface area (Å²) in [5.74, 6) is -1.29. The van der Waals surface area contributed by atoms with E-state index in [1.54, 1.807) is 18.2 Å². The van der Waals surface area contributed by atoms with Gasteiger partial charge in [0.25, 0.3) is 17.5 Å². The van der Waals surface area contributed by atoms with Crippen molar-refractivity contribution in [1.29, 1.82) is 0 Å². The number of nitro groups is 1. The number of nitrogens with zero attached hydrogens (tertiary/aromatic N) is 2. The molecular formula is C23H22ClN3O6. The maximum atomic E-state index is 13.1. The second-order valence-electron chi connectivity index (χ2n) is 7.32. The summed E-state index contributed by atoms with van der Waals surface area (Å²) >= 11 is 6.11. The van der Waals surface area contributed by atoms with Crippen LogP contribution in [0, 0.1) is 10.1 Å². The smallest absolute Gasteiger partial charge is 0.335 e. The summed E-state index contributed by atoms with van der Waals surface area (Å²) in [6.45, 7) is 2.58. The average molecular weight is 472 g/mol. The normalized spacial score (nSPS) is 15.0. The zero-order valence-electron chi connectivity index (χ0n) is 17.9. The predicted octanol–water partition coefficient (Wildman–Crippen LogP) is 4.87. The first-order valence-corrected chi connectivity index (χ1v) is 10.8. The van der Waals surface area contributed by atoms with E-state index in [-0.39, 0.29) is 16.9 Å². The number of urea groups is 1. The van der Waals surface area contributed by atoms with E-state index < -0.39 is 22.8 Å². The van der Waals surface area contributed by atoms with E-state index in [9.17, 15) is 24.5 Å². The van der Waals surface area contributed by atoms with Gasteiger partial charge in [-0.1, -0.05) is 37.8 Å². The van der Waals surface area contributed by atoms with Crippen LogP contribution in [0.15, 0.2) is 48.0 Å². The number of benzene rings is 2. The van der Waals surface area contributed by atoms with Crippen molar-refractivity contribution in [2.24, 2.45) is 0 Å². The predicted molar refractivity (Wildman–Crippen MR) is 123 cm³/mol. The van der Waals surface area contributed by atoms with Gasteiger partial charge in [-0.2, -0.15) is 0 Å². The minimum atomic E-state index is -0.950. The number of rotatable bonds is 9. The van der Waals surface area contributed by atoms with Gasteiger partial charge >= 0.3 is 6.03 Å². The number of halogens is 1. The van der Waals surface area contributed by atoms with E-state index in [0.717, 1.165) is 42.7 Å². The van der Waals surface area contributed by atoms with Crippen LogP contribution in [0.25, 0.3) is 6.08 Å². The average Bonchev–Trinajstić information content (AvgIpc) is 2.78. The van der Waals surface area contributed by atoms with Gasteiger partial charge < -0.3 is 4.74 Å². The van der Waals surface area contributed by atoms with Crippen LogP contribution in [0.1, 0.15) is 38.2 Å². The SMILES string of the molecule is CCCCCCOc1ccc(Cl)cc1/C=C1/C(=O)NC(=O)N(c2ccc([N+](=O)[O-])cc2)C1=O. The maximum Gasteiger partial charge on any atom is 0.335 e. The van der Waals surface area contributed by atoms with Gasteiger partial charge in [0.05, 0.1) is 17.2 Å². The number of hydrogen-bond acceptors (Lipinski definition) is 6. The molecule has 2 aromatic carbocycles. The lowest BCUT2D eigenvalue weighted by atomic mass is 10.1. The third kappa shape index (κ3) is 5.75. The molecule has 0 saturated carbocycles. The number of amides is 4. The Bertz CT molecular complexity index is 1110. The lowest BCUT2D eigenvalue weighted by Crippen LogP contribution is -2.54. The summed E-state index contributed by atoms with van der Waals surface area (Å²) in [4.78, 5) is 48.9. The van der Waals surface area contributed by atoms with Crippen LogP contribution in [0.5, 0.6) is 5.75 Å². The third-order valence-electron chi connectivity index (χ3n) is 4.95. The molecule has 33 heavy (non-hydrogen) atoms. The highest BCUT2D eigenvalue weighted by Gasteiger charge is 2.37. The van der Waals surface area contributed by atoms with E-state index in [1.165, 1.54) is 18.2 Å². The molecule has 0 bridgehead atoms. The highest BCUT2D eigenvalue weighted by atomic mass is 35.5. The molecule has 1 fully saturated rings. The first-order valence-electron chi connectivity index (χ1n) is 10.4.